The number of nitrogens with one attached hydrogen (secondary N) is 1. The van der Waals surface area contributed by atoms with E-state index in [1.165, 1.54) is 6.92 Å². The van der Waals surface area contributed by atoms with E-state index in [1.54, 1.807) is 4.90 Å². The molecule has 0 aromatic carbocycles. The normalized spacial score (nSPS) is 20.4. The Hall–Kier alpha value is -1.30. The molecule has 0 bridgehead atoms. The van der Waals surface area contributed by atoms with Gasteiger partial charge in [-0.1, -0.05) is 0 Å². The fraction of sp³-hybridized carbons (Fsp3) is 0.833. The van der Waals surface area contributed by atoms with Crippen LogP contribution >= 0.6 is 0 Å². The summed E-state index contributed by atoms with van der Waals surface area (Å²) >= 11 is 0. The van der Waals surface area contributed by atoms with Crippen LogP contribution in [0.2, 0.25) is 0 Å². The number of hydrogen-bond acceptors (Lipinski definition) is 4. The van der Waals surface area contributed by atoms with Gasteiger partial charge in [-0.15, -0.1) is 0 Å². The third-order valence-corrected chi connectivity index (χ3v) is 2.44. The van der Waals surface area contributed by atoms with E-state index in [0.29, 0.717) is 26.3 Å². The number of rotatable bonds is 2. The lowest BCUT2D eigenvalue weighted by molar-refractivity contribution is -0.119. The number of nitrogens with zero attached hydrogens (tertiary/aromatic N) is 1. The average molecular weight is 258 g/mol. The van der Waals surface area contributed by atoms with Crippen molar-refractivity contribution in [2.45, 2.75) is 39.3 Å². The first kappa shape index (κ1) is 14.8. The Bertz CT molecular complexity index is 312. The van der Waals surface area contributed by atoms with E-state index in [2.05, 4.69) is 5.32 Å². The van der Waals surface area contributed by atoms with Crippen LogP contribution in [0.4, 0.5) is 4.79 Å². The Balaban J connectivity index is 2.58. The Morgan fingerprint density at radius 1 is 1.44 bits per heavy atom. The molecule has 0 aromatic rings. The summed E-state index contributed by atoms with van der Waals surface area (Å²) in [5.74, 6) is -0.121. The molecule has 1 unspecified atom stereocenters. The van der Waals surface area contributed by atoms with Gasteiger partial charge in [0.05, 0.1) is 19.3 Å². The number of morpholine rings is 1. The standard InChI is InChI=1S/C12H22N2O4/c1-9(15)13-7-10-8-17-6-5-14(10)11(16)18-12(2,3)4/h10H,5-8H2,1-4H3,(H,13,15). The number of carbonyl (C=O) groups is 2. The Morgan fingerprint density at radius 3 is 2.67 bits per heavy atom. The van der Waals surface area contributed by atoms with Crippen LogP contribution in [0, 0.1) is 0 Å². The van der Waals surface area contributed by atoms with Gasteiger partial charge in [0.2, 0.25) is 5.91 Å². The zero-order valence-electron chi connectivity index (χ0n) is 11.5. The van der Waals surface area contributed by atoms with Gasteiger partial charge in [-0.2, -0.15) is 0 Å². The topological polar surface area (TPSA) is 67.9 Å². The van der Waals surface area contributed by atoms with E-state index < -0.39 is 5.60 Å². The second kappa shape index (κ2) is 6.04. The fourth-order valence-electron chi connectivity index (χ4n) is 1.65. The molecule has 1 aliphatic rings. The average Bonchev–Trinajstić information content (AvgIpc) is 2.24. The van der Waals surface area contributed by atoms with Gasteiger partial charge in [-0.05, 0) is 20.8 Å². The molecule has 18 heavy (non-hydrogen) atoms. The van der Waals surface area contributed by atoms with Crippen molar-refractivity contribution in [2.75, 3.05) is 26.3 Å². The molecule has 0 radical (unpaired) electrons. The van der Waals surface area contributed by atoms with Gasteiger partial charge in [0, 0.05) is 20.0 Å². The van der Waals surface area contributed by atoms with E-state index in [1.807, 2.05) is 20.8 Å². The summed E-state index contributed by atoms with van der Waals surface area (Å²) in [6.07, 6.45) is -0.360. The first-order chi connectivity index (χ1) is 8.29. The van der Waals surface area contributed by atoms with Crippen molar-refractivity contribution in [2.24, 2.45) is 0 Å². The van der Waals surface area contributed by atoms with E-state index >= 15 is 0 Å². The van der Waals surface area contributed by atoms with Crippen LogP contribution in [0.15, 0.2) is 0 Å². The van der Waals surface area contributed by atoms with Crippen LogP contribution in [-0.4, -0.2) is 54.8 Å². The highest BCUT2D eigenvalue weighted by Crippen LogP contribution is 2.14. The second-order valence-electron chi connectivity index (χ2n) is 5.34. The highest BCUT2D eigenvalue weighted by Gasteiger charge is 2.30. The van der Waals surface area contributed by atoms with Crippen LogP contribution in [0.25, 0.3) is 0 Å². The minimum Gasteiger partial charge on any atom is -0.444 e. The lowest BCUT2D eigenvalue weighted by Gasteiger charge is -2.36. The number of ether oxygens (including phenoxy) is 2. The first-order valence-corrected chi connectivity index (χ1v) is 6.11. The smallest absolute Gasteiger partial charge is 0.410 e. The molecule has 0 aliphatic carbocycles. The molecule has 1 heterocycles. The maximum absolute atomic E-state index is 12.0. The summed E-state index contributed by atoms with van der Waals surface area (Å²) in [5.41, 5.74) is -0.520. The van der Waals surface area contributed by atoms with E-state index in [9.17, 15) is 9.59 Å². The Kier molecular flexibility index (Phi) is 4.95. The van der Waals surface area contributed by atoms with E-state index in [-0.39, 0.29) is 18.0 Å². The molecule has 0 aromatic heterocycles. The van der Waals surface area contributed by atoms with Crippen LogP contribution in [0.5, 0.6) is 0 Å². The van der Waals surface area contributed by atoms with Crippen molar-refractivity contribution in [3.8, 4) is 0 Å². The summed E-state index contributed by atoms with van der Waals surface area (Å²) in [5, 5.41) is 2.69. The predicted octanol–water partition coefficient (Wildman–Crippen LogP) is 0.758. The quantitative estimate of drug-likeness (QED) is 0.794. The number of hydrogen-bond donors (Lipinski definition) is 1. The van der Waals surface area contributed by atoms with Gasteiger partial charge in [0.1, 0.15) is 5.60 Å². The second-order valence-corrected chi connectivity index (χ2v) is 5.34. The summed E-state index contributed by atoms with van der Waals surface area (Å²) in [7, 11) is 0. The maximum Gasteiger partial charge on any atom is 0.410 e. The number of carbonyl (C=O) groups excluding carboxylic acids is 2. The molecule has 1 saturated heterocycles. The van der Waals surface area contributed by atoms with Gasteiger partial charge in [-0.25, -0.2) is 4.79 Å². The largest absolute Gasteiger partial charge is 0.444 e. The fourth-order valence-corrected chi connectivity index (χ4v) is 1.65. The molecule has 0 spiro atoms. The molecular weight excluding hydrogens is 236 g/mol. The van der Waals surface area contributed by atoms with Crippen LogP contribution in [-0.2, 0) is 14.3 Å². The van der Waals surface area contributed by atoms with E-state index in [4.69, 9.17) is 9.47 Å². The van der Waals surface area contributed by atoms with Crippen molar-refractivity contribution in [3.05, 3.63) is 0 Å². The van der Waals surface area contributed by atoms with Crippen molar-refractivity contribution < 1.29 is 19.1 Å². The number of amides is 2. The molecule has 0 saturated carbocycles. The van der Waals surface area contributed by atoms with Gasteiger partial charge in [-0.3, -0.25) is 9.69 Å². The SMILES string of the molecule is CC(=O)NCC1COCCN1C(=O)OC(C)(C)C. The monoisotopic (exact) mass is 258 g/mol. The third kappa shape index (κ3) is 4.91. The lowest BCUT2D eigenvalue weighted by Crippen LogP contribution is -2.54. The van der Waals surface area contributed by atoms with Crippen molar-refractivity contribution in [1.82, 2.24) is 10.2 Å². The maximum atomic E-state index is 12.0. The molecule has 6 nitrogen and oxygen atoms in total. The minimum atomic E-state index is -0.520. The van der Waals surface area contributed by atoms with Gasteiger partial charge < -0.3 is 14.8 Å². The minimum absolute atomic E-state index is 0.121. The van der Waals surface area contributed by atoms with E-state index in [0.717, 1.165) is 0 Å². The first-order valence-electron chi connectivity index (χ1n) is 6.11. The van der Waals surface area contributed by atoms with Crippen LogP contribution in [0.3, 0.4) is 0 Å². The predicted molar refractivity (Wildman–Crippen MR) is 66.2 cm³/mol. The van der Waals surface area contributed by atoms with Gasteiger partial charge in [0.15, 0.2) is 0 Å². The van der Waals surface area contributed by atoms with Crippen LogP contribution < -0.4 is 5.32 Å². The van der Waals surface area contributed by atoms with Gasteiger partial charge >= 0.3 is 6.09 Å². The van der Waals surface area contributed by atoms with Gasteiger partial charge in [0.25, 0.3) is 0 Å². The highest BCUT2D eigenvalue weighted by atomic mass is 16.6. The molecule has 6 heteroatoms. The summed E-state index contributed by atoms with van der Waals surface area (Å²) in [4.78, 5) is 24.5. The third-order valence-electron chi connectivity index (χ3n) is 2.44. The molecule has 1 aliphatic heterocycles. The molecular formula is C12H22N2O4. The lowest BCUT2D eigenvalue weighted by atomic mass is 10.2. The van der Waals surface area contributed by atoms with Crippen molar-refractivity contribution >= 4 is 12.0 Å². The zero-order valence-corrected chi connectivity index (χ0v) is 11.5. The molecule has 2 amide bonds. The Labute approximate surface area is 108 Å². The summed E-state index contributed by atoms with van der Waals surface area (Å²) in [6, 6.07) is -0.169. The summed E-state index contributed by atoms with van der Waals surface area (Å²) < 4.78 is 10.7. The zero-order chi connectivity index (χ0) is 13.8. The van der Waals surface area contributed by atoms with Crippen LogP contribution in [0.1, 0.15) is 27.7 Å². The van der Waals surface area contributed by atoms with Crippen molar-refractivity contribution in [3.63, 3.8) is 0 Å². The molecule has 104 valence electrons. The molecule has 1 fully saturated rings. The highest BCUT2D eigenvalue weighted by molar-refractivity contribution is 5.73. The van der Waals surface area contributed by atoms with Crippen molar-refractivity contribution in [1.29, 1.82) is 0 Å². The molecule has 1 rings (SSSR count). The molecule has 1 N–H and O–H groups in total. The Morgan fingerprint density at radius 2 is 2.11 bits per heavy atom. The molecule has 1 atom stereocenters. The summed E-state index contributed by atoms with van der Waals surface area (Å²) in [6.45, 7) is 8.71.